The molecule has 0 aliphatic heterocycles. The van der Waals surface area contributed by atoms with Gasteiger partial charge in [-0.05, 0) is 97.1 Å². The molecule has 10 aromatic rings. The van der Waals surface area contributed by atoms with E-state index in [2.05, 4.69) is 49.9 Å². The summed E-state index contributed by atoms with van der Waals surface area (Å²) in [4.78, 5) is 61.2. The van der Waals surface area contributed by atoms with Gasteiger partial charge in [-0.15, -0.1) is 12.0 Å². The van der Waals surface area contributed by atoms with E-state index in [9.17, 15) is 0 Å². The zero-order chi connectivity index (χ0) is 48.6. The first-order chi connectivity index (χ1) is 34.6. The van der Waals surface area contributed by atoms with E-state index in [0.717, 1.165) is 45.6 Å². The quantitative estimate of drug-likeness (QED) is 0.0994. The van der Waals surface area contributed by atoms with E-state index in [-0.39, 0.29) is 44.4 Å². The molecule has 0 atom stereocenters. The monoisotopic (exact) mass is 1050 g/mol. The van der Waals surface area contributed by atoms with Gasteiger partial charge in [-0.1, -0.05) is 48.5 Å². The molecule has 0 unspecified atom stereocenters. The Morgan fingerprint density at radius 2 is 0.421 bits per heavy atom. The maximum atomic E-state index is 7.43. The van der Waals surface area contributed by atoms with Gasteiger partial charge in [0.2, 0.25) is 0 Å². The van der Waals surface area contributed by atoms with E-state index in [0.29, 0.717) is 45.6 Å². The molecule has 10 N–H and O–H groups in total. The van der Waals surface area contributed by atoms with Crippen LogP contribution in [0.15, 0.2) is 205 Å². The fourth-order valence-electron chi connectivity index (χ4n) is 6.37. The molecule has 76 heavy (non-hydrogen) atoms. The third-order valence-electron chi connectivity index (χ3n) is 9.25. The molecular weight excluding hydrogens is 1010 g/mol. The van der Waals surface area contributed by atoms with Crippen LogP contribution >= 0.6 is 0 Å². The number of rotatable bonds is 8. The van der Waals surface area contributed by atoms with E-state index >= 15 is 0 Å². The third kappa shape index (κ3) is 16.8. The van der Waals surface area contributed by atoms with Gasteiger partial charge in [0.25, 0.3) is 0 Å². The standard InChI is InChI=1S/2C24H16N6.2C2N3.Fe.5H2O/c2*1-5-13-25-17(9-1)21-22(18-10-2-6-14-26-18)30-24(20-12-4-8-16-28-20)23(29-21)19-11-3-7-15-27-19;2*3-1-5-2-4;;;;;;/h2*1-16H;;;;5*1H2/q;;2*-1;+2;;;;;. The van der Waals surface area contributed by atoms with Gasteiger partial charge in [0, 0.05) is 49.6 Å². The second-order valence-corrected chi connectivity index (χ2v) is 13.6. The van der Waals surface area contributed by atoms with Crippen molar-refractivity contribution in [2.24, 2.45) is 9.98 Å². The number of hydrogen-bond acceptors (Lipinski definition) is 16. The summed E-state index contributed by atoms with van der Waals surface area (Å²) in [6.07, 6.45) is 16.5. The van der Waals surface area contributed by atoms with Crippen molar-refractivity contribution >= 4 is 12.0 Å². The number of hydrogen-bond donors (Lipinski definition) is 0. The Labute approximate surface area is 444 Å². The topological polar surface area (TPSA) is 429 Å². The first-order valence-corrected chi connectivity index (χ1v) is 20.7. The van der Waals surface area contributed by atoms with E-state index in [1.165, 1.54) is 24.4 Å². The number of nitrogens with zero attached hydrogens (tertiary/aromatic N) is 18. The van der Waals surface area contributed by atoms with Crippen LogP contribution in [0.25, 0.3) is 102 Å². The van der Waals surface area contributed by atoms with Crippen LogP contribution in [0.1, 0.15) is 0 Å². The fourth-order valence-corrected chi connectivity index (χ4v) is 6.37. The third-order valence-corrected chi connectivity index (χ3v) is 9.25. The minimum atomic E-state index is 0. The van der Waals surface area contributed by atoms with Gasteiger partial charge < -0.3 is 48.2 Å². The van der Waals surface area contributed by atoms with Crippen molar-refractivity contribution in [1.29, 1.82) is 10.5 Å². The molecule has 0 bridgehead atoms. The molecule has 0 saturated carbocycles. The molecule has 378 valence electrons. The second kappa shape index (κ2) is 33.9. The summed E-state index contributed by atoms with van der Waals surface area (Å²) in [5, 5.41) is 29.7. The van der Waals surface area contributed by atoms with Crippen molar-refractivity contribution in [2.75, 3.05) is 0 Å². The molecule has 10 heterocycles. The Hall–Kier alpha value is -10.6. The van der Waals surface area contributed by atoms with Gasteiger partial charge >= 0.3 is 17.1 Å². The van der Waals surface area contributed by atoms with Crippen LogP contribution in [0.5, 0.6) is 0 Å². The van der Waals surface area contributed by atoms with E-state index < -0.39 is 0 Å². The van der Waals surface area contributed by atoms with Crippen LogP contribution in [0.3, 0.4) is 0 Å². The smallest absolute Gasteiger partial charge is 0.422 e. The van der Waals surface area contributed by atoms with Crippen LogP contribution in [-0.2, 0) is 17.1 Å². The number of aliphatic imine (C=N–C) groups is 2. The molecule has 0 saturated heterocycles. The molecule has 0 spiro atoms. The van der Waals surface area contributed by atoms with E-state index in [1.807, 2.05) is 146 Å². The van der Waals surface area contributed by atoms with E-state index in [4.69, 9.17) is 41.3 Å². The summed E-state index contributed by atoms with van der Waals surface area (Å²) in [7, 11) is 0. The van der Waals surface area contributed by atoms with E-state index in [1.54, 1.807) is 49.6 Å². The molecule has 24 heteroatoms. The van der Waals surface area contributed by atoms with Gasteiger partial charge in [-0.2, -0.15) is 10.5 Å². The molecule has 10 aromatic heterocycles. The number of aromatic nitrogens is 12. The van der Waals surface area contributed by atoms with Crippen LogP contribution in [-0.4, -0.2) is 99.2 Å². The maximum Gasteiger partial charge on any atom is 2.00 e. The molecule has 23 nitrogen and oxygen atoms in total. The average molecular weight is 1050 g/mol. The summed E-state index contributed by atoms with van der Waals surface area (Å²) in [5.74, 6) is 0. The number of pyridine rings is 8. The molecule has 0 aliphatic rings. The normalized spacial score (nSPS) is 8.92. The first kappa shape index (κ1) is 63.4. The minimum Gasteiger partial charge on any atom is -0.422 e. The Kier molecular flexibility index (Phi) is 28.3. The van der Waals surface area contributed by atoms with Crippen molar-refractivity contribution < 1.29 is 44.4 Å². The second-order valence-electron chi connectivity index (χ2n) is 13.6. The predicted molar refractivity (Wildman–Crippen MR) is 281 cm³/mol. The van der Waals surface area contributed by atoms with Crippen molar-refractivity contribution in [1.82, 2.24) is 59.8 Å². The van der Waals surface area contributed by atoms with Gasteiger partial charge in [0.05, 0.1) is 57.9 Å². The largest absolute Gasteiger partial charge is 2.00 e. The average Bonchev–Trinajstić information content (AvgIpc) is 3.45. The first-order valence-electron chi connectivity index (χ1n) is 20.7. The summed E-state index contributed by atoms with van der Waals surface area (Å²) < 4.78 is 0. The Bertz CT molecular complexity index is 2820. The Morgan fingerprint density at radius 3 is 0.500 bits per heavy atom. The van der Waals surface area contributed by atoms with Crippen molar-refractivity contribution in [3.05, 3.63) is 206 Å². The summed E-state index contributed by atoms with van der Waals surface area (Å²) in [5.41, 5.74) is 10.9. The molecule has 0 aromatic carbocycles. The molecule has 0 radical (unpaired) electrons. The SMILES string of the molecule is N#CN=C=[N-].N#CN=C=[N-].O.O.O.O.O.[Fe+2].c1ccc(-c2nc(-c3ccccn3)c(-c3ccccn3)nc2-c2ccccn2)nc1.c1ccc(-c2nc(-c3ccccn3)c(-c3ccccn3)nc2-c2ccccn2)nc1. The molecule has 0 amide bonds. The summed E-state index contributed by atoms with van der Waals surface area (Å²) in [6, 6.07) is 48.3. The van der Waals surface area contributed by atoms with Crippen LogP contribution < -0.4 is 0 Å². The molecule has 0 aliphatic carbocycles. The van der Waals surface area contributed by atoms with Gasteiger partial charge in [-0.3, -0.25) is 39.9 Å². The number of nitriles is 2. The van der Waals surface area contributed by atoms with Crippen molar-refractivity contribution in [2.45, 2.75) is 0 Å². The van der Waals surface area contributed by atoms with Crippen LogP contribution in [0.4, 0.5) is 0 Å². The predicted octanol–water partition coefficient (Wildman–Crippen LogP) is 5.74. The van der Waals surface area contributed by atoms with Crippen LogP contribution in [0, 0.1) is 22.9 Å². The summed E-state index contributed by atoms with van der Waals surface area (Å²) in [6.45, 7) is 0. The van der Waals surface area contributed by atoms with Gasteiger partial charge in [-0.25, -0.2) is 19.9 Å². The Morgan fingerprint density at radius 1 is 0.276 bits per heavy atom. The van der Waals surface area contributed by atoms with Gasteiger partial charge in [0.1, 0.15) is 45.6 Å². The van der Waals surface area contributed by atoms with Crippen LogP contribution in [0.2, 0.25) is 0 Å². The maximum absolute atomic E-state index is 7.43. The molecule has 10 rings (SSSR count). The fraction of sp³-hybridized carbons (Fsp3) is 0. The van der Waals surface area contributed by atoms with Crippen molar-refractivity contribution in [3.8, 4) is 103 Å². The minimum absolute atomic E-state index is 0. The summed E-state index contributed by atoms with van der Waals surface area (Å²) >= 11 is 0. The zero-order valence-electron chi connectivity index (χ0n) is 39.4. The van der Waals surface area contributed by atoms with Gasteiger partial charge in [0.15, 0.2) is 0 Å². The van der Waals surface area contributed by atoms with Crippen molar-refractivity contribution in [3.63, 3.8) is 0 Å². The Balaban J connectivity index is 0.000000605. The molecule has 0 fully saturated rings. The molecular formula is C52H42FeN18O5. The zero-order valence-corrected chi connectivity index (χ0v) is 40.5.